The zero-order chi connectivity index (χ0) is 13.3. The van der Waals surface area contributed by atoms with Gasteiger partial charge in [-0.05, 0) is 24.6 Å². The molecule has 0 amide bonds. The number of nitrogens with zero attached hydrogens (tertiary/aromatic N) is 2. The summed E-state index contributed by atoms with van der Waals surface area (Å²) in [4.78, 5) is 0. The highest BCUT2D eigenvalue weighted by molar-refractivity contribution is 5.86. The molecule has 94 valence electrons. The lowest BCUT2D eigenvalue weighted by Gasteiger charge is -2.11. The monoisotopic (exact) mass is 252 g/mol. The largest absolute Gasteiger partial charge is 0.418 e. The Morgan fingerprint density at radius 2 is 2.00 bits per heavy atom. The second-order valence-electron chi connectivity index (χ2n) is 4.04. The van der Waals surface area contributed by atoms with Crippen LogP contribution in [0.3, 0.4) is 0 Å². The minimum Gasteiger partial charge on any atom is -0.347 e. The smallest absolute Gasteiger partial charge is 0.347 e. The van der Waals surface area contributed by atoms with Gasteiger partial charge in [-0.15, -0.1) is 0 Å². The molecule has 0 radical (unpaired) electrons. The first-order valence-corrected chi connectivity index (χ1v) is 5.58. The van der Waals surface area contributed by atoms with Gasteiger partial charge in [-0.1, -0.05) is 6.92 Å². The molecular formula is C13H11F3N2. The summed E-state index contributed by atoms with van der Waals surface area (Å²) < 4.78 is 40.8. The molecule has 1 aromatic carbocycles. The maximum absolute atomic E-state index is 13.0. The van der Waals surface area contributed by atoms with E-state index < -0.39 is 11.7 Å². The molecule has 18 heavy (non-hydrogen) atoms. The van der Waals surface area contributed by atoms with Gasteiger partial charge in [0, 0.05) is 23.6 Å². The van der Waals surface area contributed by atoms with Crippen molar-refractivity contribution < 1.29 is 13.2 Å². The number of alkyl halides is 3. The fourth-order valence-corrected chi connectivity index (χ4v) is 2.11. The molecule has 2 aromatic rings. The maximum Gasteiger partial charge on any atom is 0.418 e. The number of rotatable bonds is 2. The zero-order valence-electron chi connectivity index (χ0n) is 9.75. The van der Waals surface area contributed by atoms with Gasteiger partial charge in [0.15, 0.2) is 0 Å². The summed E-state index contributed by atoms with van der Waals surface area (Å²) in [6.45, 7) is 2.62. The molecule has 2 nitrogen and oxygen atoms in total. The predicted octanol–water partition coefficient (Wildman–Crippen LogP) is 3.94. The van der Waals surface area contributed by atoms with Crippen molar-refractivity contribution in [3.05, 3.63) is 35.5 Å². The van der Waals surface area contributed by atoms with Crippen molar-refractivity contribution in [3.63, 3.8) is 0 Å². The van der Waals surface area contributed by atoms with Crippen LogP contribution in [0.5, 0.6) is 0 Å². The van der Waals surface area contributed by atoms with Crippen LogP contribution < -0.4 is 0 Å². The van der Waals surface area contributed by atoms with Crippen LogP contribution in [-0.2, 0) is 12.7 Å². The molecule has 0 bridgehead atoms. The Hall–Kier alpha value is -1.96. The molecule has 2 rings (SSSR count). The Labute approximate surface area is 102 Å². The van der Waals surface area contributed by atoms with Crippen LogP contribution in [0.4, 0.5) is 13.2 Å². The van der Waals surface area contributed by atoms with Gasteiger partial charge in [-0.3, -0.25) is 0 Å². The topological polar surface area (TPSA) is 28.7 Å². The third kappa shape index (κ3) is 1.94. The van der Waals surface area contributed by atoms with E-state index in [-0.39, 0.29) is 10.9 Å². The highest BCUT2D eigenvalue weighted by atomic mass is 19.4. The number of hydrogen-bond donors (Lipinski definition) is 0. The van der Waals surface area contributed by atoms with Gasteiger partial charge in [-0.25, -0.2) is 0 Å². The minimum atomic E-state index is -4.51. The number of benzene rings is 1. The summed E-state index contributed by atoms with van der Waals surface area (Å²) >= 11 is 0. The number of nitriles is 1. The number of aryl methyl sites for hydroxylation is 1. The Bertz CT molecular complexity index is 617. The molecule has 0 spiro atoms. The minimum absolute atomic E-state index is 0.0926. The molecule has 0 N–H and O–H groups in total. The van der Waals surface area contributed by atoms with Crippen molar-refractivity contribution in [2.75, 3.05) is 0 Å². The number of fused-ring (bicyclic) bond motifs is 1. The molecule has 0 aliphatic carbocycles. The normalized spacial score (nSPS) is 11.7. The number of halogens is 3. The lowest BCUT2D eigenvalue weighted by atomic mass is 10.0. The first-order chi connectivity index (χ1) is 8.49. The van der Waals surface area contributed by atoms with Crippen molar-refractivity contribution in [1.29, 1.82) is 5.26 Å². The fraction of sp³-hybridized carbons (Fsp3) is 0.308. The lowest BCUT2D eigenvalue weighted by molar-refractivity contribution is -0.136. The molecule has 0 unspecified atom stereocenters. The second-order valence-corrected chi connectivity index (χ2v) is 4.04. The summed E-state index contributed by atoms with van der Waals surface area (Å²) in [5.41, 5.74) is -0.648. The van der Waals surface area contributed by atoms with Gasteiger partial charge >= 0.3 is 6.18 Å². The molecule has 5 heteroatoms. The van der Waals surface area contributed by atoms with E-state index in [0.717, 1.165) is 6.42 Å². The molecule has 1 aromatic heterocycles. The van der Waals surface area contributed by atoms with E-state index in [2.05, 4.69) is 0 Å². The highest BCUT2D eigenvalue weighted by Crippen LogP contribution is 2.37. The Balaban J connectivity index is 2.76. The van der Waals surface area contributed by atoms with E-state index in [9.17, 15) is 13.2 Å². The summed E-state index contributed by atoms with van der Waals surface area (Å²) in [5.74, 6) is 0. The van der Waals surface area contributed by atoms with E-state index >= 15 is 0 Å². The molecule has 1 heterocycles. The summed E-state index contributed by atoms with van der Waals surface area (Å²) in [5, 5.41) is 8.89. The van der Waals surface area contributed by atoms with E-state index in [0.29, 0.717) is 12.1 Å². The van der Waals surface area contributed by atoms with Crippen LogP contribution in [0.15, 0.2) is 24.4 Å². The Morgan fingerprint density at radius 3 is 2.56 bits per heavy atom. The zero-order valence-corrected chi connectivity index (χ0v) is 9.75. The van der Waals surface area contributed by atoms with Crippen molar-refractivity contribution in [2.45, 2.75) is 26.1 Å². The van der Waals surface area contributed by atoms with Gasteiger partial charge < -0.3 is 4.57 Å². The highest BCUT2D eigenvalue weighted by Gasteiger charge is 2.36. The molecule has 0 fully saturated rings. The van der Waals surface area contributed by atoms with Crippen molar-refractivity contribution in [1.82, 2.24) is 4.57 Å². The third-order valence-electron chi connectivity index (χ3n) is 2.82. The first-order valence-electron chi connectivity index (χ1n) is 5.58. The van der Waals surface area contributed by atoms with E-state index in [1.807, 2.05) is 6.92 Å². The van der Waals surface area contributed by atoms with Gasteiger partial charge in [0.2, 0.25) is 0 Å². The molecule has 0 aliphatic heterocycles. The molecule has 0 aliphatic rings. The van der Waals surface area contributed by atoms with Crippen LogP contribution in [0, 0.1) is 11.3 Å². The molecule has 0 saturated heterocycles. The summed E-state index contributed by atoms with van der Waals surface area (Å²) in [7, 11) is 0. The van der Waals surface area contributed by atoms with Gasteiger partial charge in [-0.2, -0.15) is 18.4 Å². The average molecular weight is 252 g/mol. The van der Waals surface area contributed by atoms with Crippen LogP contribution in [0.25, 0.3) is 10.9 Å². The van der Waals surface area contributed by atoms with Crippen LogP contribution >= 0.6 is 0 Å². The quantitative estimate of drug-likeness (QED) is 0.795. The van der Waals surface area contributed by atoms with Crippen LogP contribution in [0.1, 0.15) is 24.5 Å². The standard InChI is InChI=1S/C13H11F3N2/c1-2-6-18-7-5-10-11(18)4-3-9(8-17)12(10)13(14,15)16/h3-5,7H,2,6H2,1H3. The van der Waals surface area contributed by atoms with Gasteiger partial charge in [0.1, 0.15) is 0 Å². The second kappa shape index (κ2) is 4.37. The van der Waals surface area contributed by atoms with Crippen LogP contribution in [-0.4, -0.2) is 4.57 Å². The van der Waals surface area contributed by atoms with Crippen molar-refractivity contribution >= 4 is 10.9 Å². The van der Waals surface area contributed by atoms with Crippen molar-refractivity contribution in [3.8, 4) is 6.07 Å². The summed E-state index contributed by atoms with van der Waals surface area (Å²) in [6, 6.07) is 5.83. The van der Waals surface area contributed by atoms with Gasteiger partial charge in [0.25, 0.3) is 0 Å². The molecular weight excluding hydrogens is 241 g/mol. The van der Waals surface area contributed by atoms with Gasteiger partial charge in [0.05, 0.1) is 17.2 Å². The maximum atomic E-state index is 13.0. The van der Waals surface area contributed by atoms with Crippen LogP contribution in [0.2, 0.25) is 0 Å². The molecule has 0 atom stereocenters. The average Bonchev–Trinajstić information content (AvgIpc) is 2.70. The van der Waals surface area contributed by atoms with E-state index in [1.165, 1.54) is 12.1 Å². The van der Waals surface area contributed by atoms with E-state index in [1.54, 1.807) is 22.9 Å². The number of aromatic nitrogens is 1. The summed E-state index contributed by atoms with van der Waals surface area (Å²) in [6.07, 6.45) is -2.04. The third-order valence-corrected chi connectivity index (χ3v) is 2.82. The fourth-order valence-electron chi connectivity index (χ4n) is 2.11. The predicted molar refractivity (Wildman–Crippen MR) is 61.9 cm³/mol. The SMILES string of the molecule is CCCn1ccc2c(C(F)(F)F)c(C#N)ccc21. The lowest BCUT2D eigenvalue weighted by Crippen LogP contribution is -2.08. The molecule has 0 saturated carbocycles. The Kier molecular flexibility index (Phi) is 3.04. The Morgan fingerprint density at radius 1 is 1.28 bits per heavy atom. The number of hydrogen-bond acceptors (Lipinski definition) is 1. The van der Waals surface area contributed by atoms with Crippen molar-refractivity contribution in [2.24, 2.45) is 0 Å². The van der Waals surface area contributed by atoms with E-state index in [4.69, 9.17) is 5.26 Å². The first kappa shape index (κ1) is 12.5.